The predicted octanol–water partition coefficient (Wildman–Crippen LogP) is 1.19. The maximum absolute atomic E-state index is 13.8. The van der Waals surface area contributed by atoms with E-state index in [9.17, 15) is 39.9 Å². The summed E-state index contributed by atoms with van der Waals surface area (Å²) in [4.78, 5) is 38.3. The Kier molecular flexibility index (Phi) is 5.61. The van der Waals surface area contributed by atoms with E-state index in [0.29, 0.717) is 11.3 Å². The highest BCUT2D eigenvalue weighted by Gasteiger charge is 2.65. The number of aliphatic hydroxyl groups is 4. The summed E-state index contributed by atoms with van der Waals surface area (Å²) in [5.41, 5.74) is 2.21. The Balaban J connectivity index is 1.72. The summed E-state index contributed by atoms with van der Waals surface area (Å²) in [6.45, 7) is 0. The Bertz CT molecular complexity index is 1410. The molecule has 7 N–H and O–H groups in total. The molecule has 1 amide bonds. The number of hydrogen-bond donors (Lipinski definition) is 6. The second-order valence-corrected chi connectivity index (χ2v) is 9.60. The lowest BCUT2D eigenvalue weighted by molar-refractivity contribution is -0.160. The lowest BCUT2D eigenvalue weighted by Crippen LogP contribution is -2.64. The molecule has 5 atom stereocenters. The molecular formula is C27H25NO9. The number of Topliss-reactive ketones (excluding diaryl/α,β-unsaturated/α-hetero) is 2. The van der Waals surface area contributed by atoms with Crippen molar-refractivity contribution in [1.82, 2.24) is 0 Å². The van der Waals surface area contributed by atoms with Gasteiger partial charge in [0, 0.05) is 23.8 Å². The van der Waals surface area contributed by atoms with Crippen molar-refractivity contribution in [2.75, 3.05) is 7.11 Å². The molecule has 1 fully saturated rings. The Hall–Kier alpha value is -4.15. The number of amides is 1. The van der Waals surface area contributed by atoms with Gasteiger partial charge in [-0.15, -0.1) is 0 Å². The number of rotatable bonds is 4. The quantitative estimate of drug-likeness (QED) is 0.330. The molecule has 2 aromatic rings. The molecule has 0 unspecified atom stereocenters. The summed E-state index contributed by atoms with van der Waals surface area (Å²) < 4.78 is 5.20. The van der Waals surface area contributed by atoms with Gasteiger partial charge in [-0.3, -0.25) is 14.4 Å². The number of phenolic OH excluding ortho intramolecular Hbond substituents is 1. The predicted molar refractivity (Wildman–Crippen MR) is 129 cm³/mol. The average Bonchev–Trinajstić information content (AvgIpc) is 2.86. The summed E-state index contributed by atoms with van der Waals surface area (Å²) in [6, 6.07) is 11.6. The van der Waals surface area contributed by atoms with Crippen molar-refractivity contribution in [3.63, 3.8) is 0 Å². The number of phenols is 1. The number of carbonyl (C=O) groups is 3. The lowest BCUT2D eigenvalue weighted by atomic mass is 9.55. The van der Waals surface area contributed by atoms with Gasteiger partial charge in [0.05, 0.1) is 18.8 Å². The Morgan fingerprint density at radius 2 is 1.78 bits per heavy atom. The molecule has 0 bridgehead atoms. The van der Waals surface area contributed by atoms with Crippen molar-refractivity contribution >= 4 is 23.2 Å². The van der Waals surface area contributed by atoms with E-state index in [0.717, 1.165) is 5.56 Å². The highest BCUT2D eigenvalue weighted by Crippen LogP contribution is 2.56. The Labute approximate surface area is 210 Å². The van der Waals surface area contributed by atoms with Crippen molar-refractivity contribution < 1.29 is 44.7 Å². The number of carbonyl (C=O) groups excluding carboxylic acids is 3. The van der Waals surface area contributed by atoms with Crippen LogP contribution in [0.25, 0.3) is 5.76 Å². The fourth-order valence-corrected chi connectivity index (χ4v) is 6.03. The fraction of sp³-hybridized carbons (Fsp3) is 0.296. The smallest absolute Gasteiger partial charge is 0.255 e. The zero-order chi connectivity index (χ0) is 26.8. The van der Waals surface area contributed by atoms with Crippen molar-refractivity contribution in [3.8, 4) is 11.5 Å². The highest BCUT2D eigenvalue weighted by molar-refractivity contribution is 6.23. The highest BCUT2D eigenvalue weighted by atomic mass is 16.5. The molecule has 0 spiro atoms. The van der Waals surface area contributed by atoms with E-state index in [1.165, 1.54) is 13.2 Å². The summed E-state index contributed by atoms with van der Waals surface area (Å²) in [5.74, 6) is -8.33. The van der Waals surface area contributed by atoms with E-state index < -0.39 is 76.0 Å². The minimum absolute atomic E-state index is 0.0414. The van der Waals surface area contributed by atoms with E-state index in [2.05, 4.69) is 0 Å². The van der Waals surface area contributed by atoms with E-state index in [4.69, 9.17) is 10.5 Å². The topological polar surface area (TPSA) is 188 Å². The van der Waals surface area contributed by atoms with Crippen LogP contribution in [0, 0.1) is 11.8 Å². The first-order valence-electron chi connectivity index (χ1n) is 11.6. The van der Waals surface area contributed by atoms with Crippen molar-refractivity contribution in [2.24, 2.45) is 17.6 Å². The zero-order valence-electron chi connectivity index (χ0n) is 19.7. The van der Waals surface area contributed by atoms with E-state index in [-0.39, 0.29) is 17.7 Å². The summed E-state index contributed by atoms with van der Waals surface area (Å²) in [7, 11) is 1.53. The number of ether oxygens (including phenoxy) is 1. The molecular weight excluding hydrogens is 482 g/mol. The first-order chi connectivity index (χ1) is 17.5. The molecule has 1 saturated carbocycles. The third kappa shape index (κ3) is 3.36. The lowest BCUT2D eigenvalue weighted by Gasteiger charge is -2.51. The molecule has 5 rings (SSSR count). The van der Waals surface area contributed by atoms with Crippen LogP contribution in [0.4, 0.5) is 0 Å². The number of benzene rings is 2. The molecule has 3 aliphatic carbocycles. The van der Waals surface area contributed by atoms with Crippen LogP contribution >= 0.6 is 0 Å². The standard InChI is InChI=1S/C27H25NO9/c1-37-12-7-5-11(6-8-12)9-14-13-3-2-4-16(29)18(13)23(32)21-19(14)22(31)15-10-17(30)20(26(28)35)24(33)27(15,36)25(21)34/h2-8,14-15,19,22,29,31-33,36H,9-10H2,1H3,(H2,28,35)/t14-,15+,19+,22+,27+/m0/s1. The fourth-order valence-electron chi connectivity index (χ4n) is 6.03. The molecule has 0 heterocycles. The minimum atomic E-state index is -2.87. The first kappa shape index (κ1) is 24.5. The molecule has 3 aliphatic rings. The monoisotopic (exact) mass is 507 g/mol. The number of hydrogen-bond acceptors (Lipinski definition) is 9. The van der Waals surface area contributed by atoms with E-state index >= 15 is 0 Å². The summed E-state index contributed by atoms with van der Waals surface area (Å²) in [5, 5.41) is 55.5. The molecule has 192 valence electrons. The second-order valence-electron chi connectivity index (χ2n) is 9.60. The maximum atomic E-state index is 13.8. The number of aromatic hydroxyl groups is 1. The SMILES string of the molecule is COc1ccc(C[C@H]2c3cccc(O)c3C(O)=C3C(=O)[C@]4(O)C(O)=C(C(N)=O)C(=O)C[C@@H]4[C@@H](O)[C@@H]32)cc1. The van der Waals surface area contributed by atoms with E-state index in [1.54, 1.807) is 36.4 Å². The van der Waals surface area contributed by atoms with Gasteiger partial charge < -0.3 is 36.0 Å². The number of aliphatic hydroxyl groups excluding tert-OH is 3. The van der Waals surface area contributed by atoms with Crippen LogP contribution in [0.5, 0.6) is 11.5 Å². The van der Waals surface area contributed by atoms with Gasteiger partial charge in [0.15, 0.2) is 11.4 Å². The van der Waals surface area contributed by atoms with Crippen molar-refractivity contribution in [1.29, 1.82) is 0 Å². The molecule has 10 heteroatoms. The van der Waals surface area contributed by atoms with Crippen LogP contribution in [-0.4, -0.2) is 61.8 Å². The number of fused-ring (bicyclic) bond motifs is 3. The van der Waals surface area contributed by atoms with Crippen LogP contribution in [0.15, 0.2) is 59.4 Å². The average molecular weight is 507 g/mol. The second kappa shape index (κ2) is 8.46. The number of methoxy groups -OCH3 is 1. The van der Waals surface area contributed by atoms with Gasteiger partial charge in [-0.05, 0) is 41.7 Å². The number of primary amides is 1. The van der Waals surface area contributed by atoms with Gasteiger partial charge in [-0.25, -0.2) is 0 Å². The number of ketones is 2. The maximum Gasteiger partial charge on any atom is 0.255 e. The molecule has 10 nitrogen and oxygen atoms in total. The van der Waals surface area contributed by atoms with Gasteiger partial charge in [0.2, 0.25) is 5.78 Å². The Morgan fingerprint density at radius 3 is 2.41 bits per heavy atom. The van der Waals surface area contributed by atoms with Crippen LogP contribution in [-0.2, 0) is 20.8 Å². The molecule has 37 heavy (non-hydrogen) atoms. The summed E-state index contributed by atoms with van der Waals surface area (Å²) >= 11 is 0. The normalized spacial score (nSPS) is 28.9. The van der Waals surface area contributed by atoms with Crippen LogP contribution in [0.1, 0.15) is 29.0 Å². The van der Waals surface area contributed by atoms with Crippen molar-refractivity contribution in [2.45, 2.75) is 30.5 Å². The molecule has 0 saturated heterocycles. The molecule has 2 aromatic carbocycles. The van der Waals surface area contributed by atoms with Crippen molar-refractivity contribution in [3.05, 3.63) is 76.1 Å². The number of nitrogens with two attached hydrogens (primary N) is 1. The first-order valence-corrected chi connectivity index (χ1v) is 11.6. The third-order valence-corrected chi connectivity index (χ3v) is 7.78. The van der Waals surface area contributed by atoms with Gasteiger partial charge in [0.25, 0.3) is 5.91 Å². The largest absolute Gasteiger partial charge is 0.508 e. The molecule has 0 aliphatic heterocycles. The Morgan fingerprint density at radius 1 is 1.11 bits per heavy atom. The summed E-state index contributed by atoms with van der Waals surface area (Å²) in [6.07, 6.45) is -1.97. The van der Waals surface area contributed by atoms with Crippen LogP contribution in [0.2, 0.25) is 0 Å². The van der Waals surface area contributed by atoms with Gasteiger partial charge in [-0.2, -0.15) is 0 Å². The molecule has 0 radical (unpaired) electrons. The minimum Gasteiger partial charge on any atom is -0.508 e. The third-order valence-electron chi connectivity index (χ3n) is 7.78. The van der Waals surface area contributed by atoms with Gasteiger partial charge in [-0.1, -0.05) is 24.3 Å². The van der Waals surface area contributed by atoms with Gasteiger partial charge >= 0.3 is 0 Å². The van der Waals surface area contributed by atoms with Crippen LogP contribution in [0.3, 0.4) is 0 Å². The van der Waals surface area contributed by atoms with E-state index in [1.807, 2.05) is 0 Å². The van der Waals surface area contributed by atoms with Gasteiger partial charge in [0.1, 0.15) is 28.6 Å². The van der Waals surface area contributed by atoms with Crippen LogP contribution < -0.4 is 10.5 Å². The zero-order valence-corrected chi connectivity index (χ0v) is 19.7. The molecule has 0 aromatic heterocycles.